The first kappa shape index (κ1) is 18.2. The number of Topliss-reactive ketones (excluding diaryl/α,β-unsaturated/α-hetero) is 1. The third kappa shape index (κ3) is 7.10. The molecule has 0 aliphatic heterocycles. The maximum Gasteiger partial charge on any atom is 0.306 e. The second-order valence-electron chi connectivity index (χ2n) is 6.35. The van der Waals surface area contributed by atoms with E-state index in [9.17, 15) is 9.59 Å². The van der Waals surface area contributed by atoms with E-state index in [0.717, 1.165) is 25.7 Å². The van der Waals surface area contributed by atoms with Crippen molar-refractivity contribution >= 4 is 11.8 Å². The summed E-state index contributed by atoms with van der Waals surface area (Å²) in [5.41, 5.74) is 0. The normalized spacial score (nSPS) is 21.7. The number of ketones is 1. The molecule has 21 heavy (non-hydrogen) atoms. The lowest BCUT2D eigenvalue weighted by Gasteiger charge is -2.17. The number of unbranched alkanes of at least 4 members (excludes halogenated alkanes) is 5. The largest absolute Gasteiger partial charge is 0.466 e. The quantitative estimate of drug-likeness (QED) is 0.411. The summed E-state index contributed by atoms with van der Waals surface area (Å²) in [6.45, 7) is 4.72. The van der Waals surface area contributed by atoms with Gasteiger partial charge in [0.15, 0.2) is 0 Å². The third-order valence-electron chi connectivity index (χ3n) is 4.51. The van der Waals surface area contributed by atoms with Crippen molar-refractivity contribution in [3.63, 3.8) is 0 Å². The smallest absolute Gasteiger partial charge is 0.306 e. The third-order valence-corrected chi connectivity index (χ3v) is 4.51. The summed E-state index contributed by atoms with van der Waals surface area (Å²) < 4.78 is 5.16. The molecule has 1 aliphatic carbocycles. The van der Waals surface area contributed by atoms with Gasteiger partial charge in [-0.1, -0.05) is 52.4 Å². The Morgan fingerprint density at radius 1 is 1.10 bits per heavy atom. The first-order valence-corrected chi connectivity index (χ1v) is 8.87. The lowest BCUT2D eigenvalue weighted by molar-refractivity contribution is -0.145. The fraction of sp³-hybridized carbons (Fsp3) is 0.889. The molecule has 1 fully saturated rings. The summed E-state index contributed by atoms with van der Waals surface area (Å²) in [7, 11) is 0. The molecule has 0 radical (unpaired) electrons. The van der Waals surface area contributed by atoms with Crippen LogP contribution in [0.4, 0.5) is 0 Å². The minimum absolute atomic E-state index is 0.116. The molecule has 0 aromatic carbocycles. The summed E-state index contributed by atoms with van der Waals surface area (Å²) in [4.78, 5) is 23.7. The second kappa shape index (κ2) is 10.8. The van der Waals surface area contributed by atoms with Gasteiger partial charge in [0, 0.05) is 18.8 Å². The second-order valence-corrected chi connectivity index (χ2v) is 6.35. The number of hydrogen-bond donors (Lipinski definition) is 0. The van der Waals surface area contributed by atoms with Crippen LogP contribution >= 0.6 is 0 Å². The summed E-state index contributed by atoms with van der Waals surface area (Å²) in [5.74, 6) is 0.601. The van der Waals surface area contributed by atoms with E-state index in [1.165, 1.54) is 32.1 Å². The minimum Gasteiger partial charge on any atom is -0.466 e. The van der Waals surface area contributed by atoms with Gasteiger partial charge < -0.3 is 4.74 Å². The predicted octanol–water partition coefficient (Wildman–Crippen LogP) is 4.68. The van der Waals surface area contributed by atoms with Crippen molar-refractivity contribution in [2.24, 2.45) is 11.8 Å². The number of hydrogen-bond acceptors (Lipinski definition) is 3. The monoisotopic (exact) mass is 296 g/mol. The van der Waals surface area contributed by atoms with E-state index >= 15 is 0 Å². The maximum absolute atomic E-state index is 12.0. The molecule has 0 heterocycles. The molecular formula is C18H32O3. The van der Waals surface area contributed by atoms with E-state index in [4.69, 9.17) is 4.74 Å². The SMILES string of the molecule is CCCCCCCCC1C(=O)CCC1CC(=O)OCCC. The molecule has 122 valence electrons. The number of esters is 1. The highest BCUT2D eigenvalue weighted by molar-refractivity contribution is 5.84. The summed E-state index contributed by atoms with van der Waals surface area (Å²) in [6, 6.07) is 0. The van der Waals surface area contributed by atoms with E-state index in [-0.39, 0.29) is 17.8 Å². The average molecular weight is 296 g/mol. The van der Waals surface area contributed by atoms with Gasteiger partial charge in [0.1, 0.15) is 5.78 Å². The molecule has 1 saturated carbocycles. The van der Waals surface area contributed by atoms with E-state index in [2.05, 4.69) is 6.92 Å². The molecule has 0 aromatic heterocycles. The molecule has 0 spiro atoms. The van der Waals surface area contributed by atoms with Crippen molar-refractivity contribution in [2.75, 3.05) is 6.61 Å². The van der Waals surface area contributed by atoms with Crippen LogP contribution in [0.1, 0.15) is 84.5 Å². The molecule has 2 unspecified atom stereocenters. The van der Waals surface area contributed by atoms with Gasteiger partial charge in [0.25, 0.3) is 0 Å². The van der Waals surface area contributed by atoms with Gasteiger partial charge in [-0.25, -0.2) is 0 Å². The molecule has 0 N–H and O–H groups in total. The van der Waals surface area contributed by atoms with Gasteiger partial charge in [-0.2, -0.15) is 0 Å². The number of ether oxygens (including phenoxy) is 1. The molecule has 0 aromatic rings. The molecule has 3 heteroatoms. The fourth-order valence-electron chi connectivity index (χ4n) is 3.25. The van der Waals surface area contributed by atoms with Gasteiger partial charge in [-0.3, -0.25) is 9.59 Å². The number of rotatable bonds is 11. The van der Waals surface area contributed by atoms with Gasteiger partial charge in [-0.15, -0.1) is 0 Å². The highest BCUT2D eigenvalue weighted by atomic mass is 16.5. The summed E-state index contributed by atoms with van der Waals surface area (Å²) in [6.07, 6.45) is 11.3. The molecule has 2 atom stereocenters. The maximum atomic E-state index is 12.0. The molecule has 0 bridgehead atoms. The van der Waals surface area contributed by atoms with Crippen LogP contribution in [-0.4, -0.2) is 18.4 Å². The van der Waals surface area contributed by atoms with Crippen molar-refractivity contribution in [3.8, 4) is 0 Å². The van der Waals surface area contributed by atoms with Crippen molar-refractivity contribution in [3.05, 3.63) is 0 Å². The Labute approximate surface area is 129 Å². The molecule has 1 aliphatic rings. The van der Waals surface area contributed by atoms with Crippen LogP contribution in [0.2, 0.25) is 0 Å². The zero-order chi connectivity index (χ0) is 15.5. The minimum atomic E-state index is -0.121. The molecule has 0 saturated heterocycles. The Hall–Kier alpha value is -0.860. The van der Waals surface area contributed by atoms with Crippen LogP contribution in [-0.2, 0) is 14.3 Å². The van der Waals surface area contributed by atoms with Crippen LogP contribution in [0.25, 0.3) is 0 Å². The average Bonchev–Trinajstić information content (AvgIpc) is 2.81. The Morgan fingerprint density at radius 3 is 2.52 bits per heavy atom. The van der Waals surface area contributed by atoms with E-state index < -0.39 is 0 Å². The molecule has 0 amide bonds. The first-order chi connectivity index (χ1) is 10.2. The standard InChI is InChI=1S/C18H32O3/c1-3-5-6-7-8-9-10-16-15(11-12-17(16)19)14-18(20)21-13-4-2/h15-16H,3-14H2,1-2H3. The summed E-state index contributed by atoms with van der Waals surface area (Å²) in [5, 5.41) is 0. The molecular weight excluding hydrogens is 264 g/mol. The Morgan fingerprint density at radius 2 is 1.81 bits per heavy atom. The fourth-order valence-corrected chi connectivity index (χ4v) is 3.25. The molecule has 1 rings (SSSR count). The van der Waals surface area contributed by atoms with Crippen molar-refractivity contribution in [1.82, 2.24) is 0 Å². The van der Waals surface area contributed by atoms with Crippen LogP contribution in [0.15, 0.2) is 0 Å². The Balaban J connectivity index is 2.25. The van der Waals surface area contributed by atoms with E-state index in [1.807, 2.05) is 6.92 Å². The molecule has 3 nitrogen and oxygen atoms in total. The Bertz CT molecular complexity index is 312. The van der Waals surface area contributed by atoms with Gasteiger partial charge >= 0.3 is 5.97 Å². The predicted molar refractivity (Wildman–Crippen MR) is 85.1 cm³/mol. The topological polar surface area (TPSA) is 43.4 Å². The van der Waals surface area contributed by atoms with Gasteiger partial charge in [-0.05, 0) is 25.2 Å². The zero-order valence-corrected chi connectivity index (χ0v) is 13.9. The lowest BCUT2D eigenvalue weighted by atomic mass is 9.88. The van der Waals surface area contributed by atoms with Crippen LogP contribution < -0.4 is 0 Å². The van der Waals surface area contributed by atoms with Crippen molar-refractivity contribution in [1.29, 1.82) is 0 Å². The van der Waals surface area contributed by atoms with E-state index in [1.54, 1.807) is 0 Å². The van der Waals surface area contributed by atoms with Crippen LogP contribution in [0.5, 0.6) is 0 Å². The number of carbonyl (C=O) groups excluding carboxylic acids is 2. The zero-order valence-electron chi connectivity index (χ0n) is 13.9. The lowest BCUT2D eigenvalue weighted by Crippen LogP contribution is -2.19. The van der Waals surface area contributed by atoms with Crippen LogP contribution in [0.3, 0.4) is 0 Å². The highest BCUT2D eigenvalue weighted by Crippen LogP contribution is 2.35. The van der Waals surface area contributed by atoms with Gasteiger partial charge in [0.05, 0.1) is 6.61 Å². The Kier molecular flexibility index (Phi) is 9.36. The van der Waals surface area contributed by atoms with Gasteiger partial charge in [0.2, 0.25) is 0 Å². The first-order valence-electron chi connectivity index (χ1n) is 8.87. The highest BCUT2D eigenvalue weighted by Gasteiger charge is 2.35. The number of carbonyl (C=O) groups is 2. The van der Waals surface area contributed by atoms with Crippen LogP contribution in [0, 0.1) is 11.8 Å². The van der Waals surface area contributed by atoms with Crippen molar-refractivity contribution in [2.45, 2.75) is 84.5 Å². The van der Waals surface area contributed by atoms with Crippen molar-refractivity contribution < 1.29 is 14.3 Å². The summed E-state index contributed by atoms with van der Waals surface area (Å²) >= 11 is 0. The van der Waals surface area contributed by atoms with E-state index in [0.29, 0.717) is 25.2 Å².